The van der Waals surface area contributed by atoms with Gasteiger partial charge in [-0.2, -0.15) is 0 Å². The number of benzene rings is 1. The third kappa shape index (κ3) is 4.37. The van der Waals surface area contributed by atoms with E-state index >= 15 is 0 Å². The minimum atomic E-state index is 0.359. The molecule has 1 fully saturated rings. The summed E-state index contributed by atoms with van der Waals surface area (Å²) in [5, 5.41) is 4.27. The Hall–Kier alpha value is -0.770. The molecule has 0 amide bonds. The normalized spacial score (nSPS) is 20.1. The average Bonchev–Trinajstić information content (AvgIpc) is 2.99. The van der Waals surface area contributed by atoms with Gasteiger partial charge in [0.05, 0.1) is 6.10 Å². The first-order valence-corrected chi connectivity index (χ1v) is 7.84. The topological polar surface area (TPSA) is 30.5 Å². The van der Waals surface area contributed by atoms with Crippen LogP contribution in [0.1, 0.15) is 32.3 Å². The van der Waals surface area contributed by atoms with Gasteiger partial charge in [-0.05, 0) is 49.9 Å². The molecule has 0 radical (unpaired) electrons. The molecule has 0 bridgehead atoms. The highest BCUT2D eigenvalue weighted by atomic mass is 35.5. The summed E-state index contributed by atoms with van der Waals surface area (Å²) >= 11 is 6.09. The van der Waals surface area contributed by atoms with Gasteiger partial charge in [-0.3, -0.25) is 0 Å². The lowest BCUT2D eigenvalue weighted by Crippen LogP contribution is -2.39. The average molecular weight is 298 g/mol. The fraction of sp³-hybridized carbons (Fsp3) is 0.625. The second-order valence-electron chi connectivity index (χ2n) is 5.25. The number of halogens is 1. The van der Waals surface area contributed by atoms with E-state index in [-0.39, 0.29) is 0 Å². The molecule has 20 heavy (non-hydrogen) atoms. The predicted octanol–water partition coefficient (Wildman–Crippen LogP) is 3.44. The molecule has 1 aliphatic heterocycles. The molecule has 2 rings (SSSR count). The zero-order chi connectivity index (χ0) is 14.4. The summed E-state index contributed by atoms with van der Waals surface area (Å²) in [6, 6.07) is 6.23. The van der Waals surface area contributed by atoms with Crippen molar-refractivity contribution in [2.24, 2.45) is 0 Å². The molecule has 112 valence electrons. The molecular formula is C16H24ClNO2. The zero-order valence-corrected chi connectivity index (χ0v) is 13.1. The molecule has 0 saturated carbocycles. The van der Waals surface area contributed by atoms with Crippen LogP contribution >= 0.6 is 11.6 Å². The first-order valence-electron chi connectivity index (χ1n) is 7.47. The molecule has 0 aromatic heterocycles. The largest absolute Gasteiger partial charge is 0.492 e. The van der Waals surface area contributed by atoms with Crippen LogP contribution in [0.25, 0.3) is 0 Å². The highest BCUT2D eigenvalue weighted by Gasteiger charge is 2.21. The minimum absolute atomic E-state index is 0.359. The maximum atomic E-state index is 6.09. The molecule has 2 unspecified atom stereocenters. The first kappa shape index (κ1) is 15.6. The third-order valence-corrected chi connectivity index (χ3v) is 4.13. The quantitative estimate of drug-likeness (QED) is 0.782. The van der Waals surface area contributed by atoms with Crippen molar-refractivity contribution in [1.82, 2.24) is 5.32 Å². The summed E-state index contributed by atoms with van der Waals surface area (Å²) < 4.78 is 11.4. The molecule has 4 heteroatoms. The van der Waals surface area contributed by atoms with Crippen molar-refractivity contribution in [2.45, 2.75) is 45.3 Å². The molecule has 3 nitrogen and oxygen atoms in total. The Morgan fingerprint density at radius 1 is 1.50 bits per heavy atom. The Labute approximate surface area is 126 Å². The van der Waals surface area contributed by atoms with Gasteiger partial charge in [0.25, 0.3) is 0 Å². The van der Waals surface area contributed by atoms with Crippen LogP contribution in [-0.2, 0) is 11.2 Å². The van der Waals surface area contributed by atoms with E-state index < -0.39 is 0 Å². The Balaban J connectivity index is 1.70. The van der Waals surface area contributed by atoms with E-state index in [4.69, 9.17) is 21.1 Å². The number of rotatable bonds is 7. The minimum Gasteiger partial charge on any atom is -0.492 e. The van der Waals surface area contributed by atoms with Gasteiger partial charge in [-0.1, -0.05) is 18.5 Å². The van der Waals surface area contributed by atoms with Crippen molar-refractivity contribution < 1.29 is 9.47 Å². The second-order valence-corrected chi connectivity index (χ2v) is 5.66. The molecule has 0 spiro atoms. The smallest absolute Gasteiger partial charge is 0.119 e. The monoisotopic (exact) mass is 297 g/mol. The van der Waals surface area contributed by atoms with Crippen LogP contribution < -0.4 is 10.1 Å². The van der Waals surface area contributed by atoms with Crippen LogP contribution in [-0.4, -0.2) is 31.9 Å². The molecule has 1 aromatic rings. The van der Waals surface area contributed by atoms with Crippen molar-refractivity contribution in [2.75, 3.05) is 19.8 Å². The first-order chi connectivity index (χ1) is 9.70. The molecule has 1 N–H and O–H groups in total. The SMILES string of the molecule is CCc1cc(OCCNC(C)C2CCCO2)ccc1Cl. The van der Waals surface area contributed by atoms with Crippen molar-refractivity contribution in [3.63, 3.8) is 0 Å². The van der Waals surface area contributed by atoms with E-state index in [0.29, 0.717) is 18.8 Å². The van der Waals surface area contributed by atoms with E-state index in [2.05, 4.69) is 19.2 Å². The fourth-order valence-electron chi connectivity index (χ4n) is 2.50. The predicted molar refractivity (Wildman–Crippen MR) is 82.8 cm³/mol. The van der Waals surface area contributed by atoms with Gasteiger partial charge in [0, 0.05) is 24.2 Å². The Morgan fingerprint density at radius 2 is 2.35 bits per heavy atom. The van der Waals surface area contributed by atoms with Crippen molar-refractivity contribution in [1.29, 1.82) is 0 Å². The van der Waals surface area contributed by atoms with Gasteiger partial charge in [0.2, 0.25) is 0 Å². The molecule has 1 saturated heterocycles. The number of ether oxygens (including phenoxy) is 2. The lowest BCUT2D eigenvalue weighted by Gasteiger charge is -2.20. The number of hydrogen-bond donors (Lipinski definition) is 1. The van der Waals surface area contributed by atoms with Crippen molar-refractivity contribution in [3.8, 4) is 5.75 Å². The highest BCUT2D eigenvalue weighted by molar-refractivity contribution is 6.31. The lowest BCUT2D eigenvalue weighted by molar-refractivity contribution is 0.0824. The molecule has 1 heterocycles. The number of aryl methyl sites for hydroxylation is 1. The van der Waals surface area contributed by atoms with Gasteiger partial charge in [-0.25, -0.2) is 0 Å². The van der Waals surface area contributed by atoms with Crippen LogP contribution in [0.2, 0.25) is 5.02 Å². The molecular weight excluding hydrogens is 274 g/mol. The van der Waals surface area contributed by atoms with Crippen molar-refractivity contribution >= 4 is 11.6 Å². The maximum absolute atomic E-state index is 6.09. The molecule has 1 aromatic carbocycles. The van der Waals surface area contributed by atoms with Crippen LogP contribution in [0.15, 0.2) is 18.2 Å². The highest BCUT2D eigenvalue weighted by Crippen LogP contribution is 2.22. The maximum Gasteiger partial charge on any atom is 0.119 e. The summed E-state index contributed by atoms with van der Waals surface area (Å²) in [5.74, 6) is 0.887. The van der Waals surface area contributed by atoms with E-state index in [1.54, 1.807) is 0 Å². The van der Waals surface area contributed by atoms with Crippen LogP contribution in [0.5, 0.6) is 5.75 Å². The van der Waals surface area contributed by atoms with Gasteiger partial charge >= 0.3 is 0 Å². The van der Waals surface area contributed by atoms with Crippen LogP contribution in [0, 0.1) is 0 Å². The van der Waals surface area contributed by atoms with Crippen LogP contribution in [0.4, 0.5) is 0 Å². The summed E-state index contributed by atoms with van der Waals surface area (Å²) in [5.41, 5.74) is 1.13. The van der Waals surface area contributed by atoms with E-state index in [9.17, 15) is 0 Å². The second kappa shape index (κ2) is 7.87. The third-order valence-electron chi connectivity index (χ3n) is 3.76. The molecule has 2 atom stereocenters. The van der Waals surface area contributed by atoms with Gasteiger partial charge < -0.3 is 14.8 Å². The van der Waals surface area contributed by atoms with Gasteiger partial charge in [0.1, 0.15) is 12.4 Å². The lowest BCUT2D eigenvalue weighted by atomic mass is 10.1. The standard InChI is InChI=1S/C16H24ClNO2/c1-3-13-11-14(6-7-15(13)17)19-10-8-18-12(2)16-5-4-9-20-16/h6-7,11-12,16,18H,3-5,8-10H2,1-2H3. The molecule has 0 aliphatic carbocycles. The number of hydrogen-bond acceptors (Lipinski definition) is 3. The Morgan fingerprint density at radius 3 is 3.05 bits per heavy atom. The van der Waals surface area contributed by atoms with E-state index in [1.165, 1.54) is 6.42 Å². The molecule has 1 aliphatic rings. The Kier molecular flexibility index (Phi) is 6.14. The van der Waals surface area contributed by atoms with E-state index in [0.717, 1.165) is 42.3 Å². The Bertz CT molecular complexity index is 419. The van der Waals surface area contributed by atoms with Crippen LogP contribution in [0.3, 0.4) is 0 Å². The summed E-state index contributed by atoms with van der Waals surface area (Å²) in [6.45, 7) is 6.65. The van der Waals surface area contributed by atoms with Gasteiger partial charge in [-0.15, -0.1) is 0 Å². The summed E-state index contributed by atoms with van der Waals surface area (Å²) in [6.07, 6.45) is 3.62. The van der Waals surface area contributed by atoms with Crippen molar-refractivity contribution in [3.05, 3.63) is 28.8 Å². The number of nitrogens with one attached hydrogen (secondary N) is 1. The van der Waals surface area contributed by atoms with Gasteiger partial charge in [0.15, 0.2) is 0 Å². The zero-order valence-electron chi connectivity index (χ0n) is 12.3. The fourth-order valence-corrected chi connectivity index (χ4v) is 2.75. The summed E-state index contributed by atoms with van der Waals surface area (Å²) in [4.78, 5) is 0. The summed E-state index contributed by atoms with van der Waals surface area (Å²) in [7, 11) is 0. The van der Waals surface area contributed by atoms with E-state index in [1.807, 2.05) is 18.2 Å².